The van der Waals surface area contributed by atoms with Gasteiger partial charge < -0.3 is 10.0 Å². The molecule has 1 atom stereocenters. The highest BCUT2D eigenvalue weighted by Crippen LogP contribution is 2.05. The van der Waals surface area contributed by atoms with Gasteiger partial charge in [0.1, 0.15) is 0 Å². The third-order valence-electron chi connectivity index (χ3n) is 3.11. The molecule has 1 aromatic carbocycles. The quantitative estimate of drug-likeness (QED) is 0.826. The SMILES string of the molecule is CC(O)CN(C(=O)CN(C)Cc1ccccc1)C(C)C. The number of aliphatic hydroxyl groups is 1. The van der Waals surface area contributed by atoms with E-state index in [0.717, 1.165) is 6.54 Å². The lowest BCUT2D eigenvalue weighted by atomic mass is 10.2. The maximum absolute atomic E-state index is 12.3. The minimum atomic E-state index is -0.499. The van der Waals surface area contributed by atoms with E-state index < -0.39 is 6.10 Å². The lowest BCUT2D eigenvalue weighted by Gasteiger charge is -2.30. The zero-order valence-electron chi connectivity index (χ0n) is 12.9. The van der Waals surface area contributed by atoms with Crippen molar-refractivity contribution >= 4 is 5.91 Å². The van der Waals surface area contributed by atoms with E-state index in [1.165, 1.54) is 5.56 Å². The van der Waals surface area contributed by atoms with Crippen LogP contribution in [0.15, 0.2) is 30.3 Å². The fourth-order valence-electron chi connectivity index (χ4n) is 2.16. The summed E-state index contributed by atoms with van der Waals surface area (Å²) in [7, 11) is 1.94. The maximum Gasteiger partial charge on any atom is 0.237 e. The number of aliphatic hydroxyl groups excluding tert-OH is 1. The minimum Gasteiger partial charge on any atom is -0.392 e. The van der Waals surface area contributed by atoms with Gasteiger partial charge in [0.05, 0.1) is 12.6 Å². The summed E-state index contributed by atoms with van der Waals surface area (Å²) in [6.07, 6.45) is -0.499. The van der Waals surface area contributed by atoms with Gasteiger partial charge in [0.25, 0.3) is 0 Å². The first kappa shape index (κ1) is 16.7. The number of amides is 1. The van der Waals surface area contributed by atoms with E-state index in [9.17, 15) is 9.90 Å². The first-order valence-electron chi connectivity index (χ1n) is 7.10. The lowest BCUT2D eigenvalue weighted by molar-refractivity contribution is -0.135. The highest BCUT2D eigenvalue weighted by molar-refractivity contribution is 5.78. The number of benzene rings is 1. The van der Waals surface area contributed by atoms with Crippen molar-refractivity contribution in [1.29, 1.82) is 0 Å². The molecule has 4 nitrogen and oxygen atoms in total. The molecule has 112 valence electrons. The van der Waals surface area contributed by atoms with Crippen molar-refractivity contribution in [3.05, 3.63) is 35.9 Å². The molecular weight excluding hydrogens is 252 g/mol. The summed E-state index contributed by atoms with van der Waals surface area (Å²) in [5.74, 6) is 0.0549. The van der Waals surface area contributed by atoms with E-state index in [0.29, 0.717) is 13.1 Å². The number of likely N-dealkylation sites (N-methyl/N-ethyl adjacent to an activating group) is 1. The molecule has 1 N–H and O–H groups in total. The Balaban J connectivity index is 2.54. The van der Waals surface area contributed by atoms with Crippen LogP contribution in [0, 0.1) is 0 Å². The van der Waals surface area contributed by atoms with Gasteiger partial charge >= 0.3 is 0 Å². The first-order valence-corrected chi connectivity index (χ1v) is 7.10. The van der Waals surface area contributed by atoms with E-state index in [1.54, 1.807) is 11.8 Å². The van der Waals surface area contributed by atoms with Crippen LogP contribution in [0.25, 0.3) is 0 Å². The lowest BCUT2D eigenvalue weighted by Crippen LogP contribution is -2.45. The topological polar surface area (TPSA) is 43.8 Å². The standard InChI is InChI=1S/C16H26N2O2/c1-13(2)18(10-14(3)19)16(20)12-17(4)11-15-8-6-5-7-9-15/h5-9,13-14,19H,10-12H2,1-4H3. The van der Waals surface area contributed by atoms with Gasteiger partial charge in [-0.05, 0) is 33.4 Å². The number of nitrogens with zero attached hydrogens (tertiary/aromatic N) is 2. The van der Waals surface area contributed by atoms with E-state index in [2.05, 4.69) is 12.1 Å². The van der Waals surface area contributed by atoms with Gasteiger partial charge in [-0.1, -0.05) is 30.3 Å². The normalized spacial score (nSPS) is 12.8. The van der Waals surface area contributed by atoms with Crippen molar-refractivity contribution in [3.8, 4) is 0 Å². The Kier molecular flexibility index (Phi) is 6.68. The summed E-state index contributed by atoms with van der Waals surface area (Å²) in [4.78, 5) is 16.0. The van der Waals surface area contributed by atoms with Crippen LogP contribution in [0.3, 0.4) is 0 Å². The number of hydrogen-bond donors (Lipinski definition) is 1. The Hall–Kier alpha value is -1.39. The van der Waals surface area contributed by atoms with Crippen LogP contribution in [0.4, 0.5) is 0 Å². The largest absolute Gasteiger partial charge is 0.392 e. The molecule has 4 heteroatoms. The van der Waals surface area contributed by atoms with Gasteiger partial charge in [-0.3, -0.25) is 9.69 Å². The van der Waals surface area contributed by atoms with Crippen molar-refractivity contribution in [1.82, 2.24) is 9.80 Å². The highest BCUT2D eigenvalue weighted by atomic mass is 16.3. The summed E-state index contributed by atoms with van der Waals surface area (Å²) < 4.78 is 0. The van der Waals surface area contributed by atoms with Crippen LogP contribution in [-0.4, -0.2) is 53.1 Å². The Morgan fingerprint density at radius 2 is 1.80 bits per heavy atom. The summed E-state index contributed by atoms with van der Waals surface area (Å²) in [6.45, 7) is 7.13. The van der Waals surface area contributed by atoms with Crippen LogP contribution in [0.1, 0.15) is 26.3 Å². The second-order valence-corrected chi connectivity index (χ2v) is 5.65. The summed E-state index contributed by atoms with van der Waals surface area (Å²) in [5.41, 5.74) is 1.19. The smallest absolute Gasteiger partial charge is 0.237 e. The van der Waals surface area contributed by atoms with Gasteiger partial charge in [0.15, 0.2) is 0 Å². The Morgan fingerprint density at radius 3 is 2.30 bits per heavy atom. The molecular formula is C16H26N2O2. The Bertz CT molecular complexity index is 404. The molecule has 0 spiro atoms. The molecule has 20 heavy (non-hydrogen) atoms. The molecule has 0 saturated heterocycles. The molecule has 0 bridgehead atoms. The molecule has 0 radical (unpaired) electrons. The Morgan fingerprint density at radius 1 is 1.20 bits per heavy atom. The number of rotatable bonds is 7. The maximum atomic E-state index is 12.3. The summed E-state index contributed by atoms with van der Waals surface area (Å²) in [6, 6.07) is 10.2. The van der Waals surface area contributed by atoms with Crippen LogP contribution in [0.2, 0.25) is 0 Å². The Labute approximate surface area is 122 Å². The summed E-state index contributed by atoms with van der Waals surface area (Å²) >= 11 is 0. The summed E-state index contributed by atoms with van der Waals surface area (Å²) in [5, 5.41) is 9.48. The van der Waals surface area contributed by atoms with Gasteiger partial charge in [-0.25, -0.2) is 0 Å². The van der Waals surface area contributed by atoms with Crippen LogP contribution in [0.5, 0.6) is 0 Å². The monoisotopic (exact) mass is 278 g/mol. The van der Waals surface area contributed by atoms with Crippen LogP contribution < -0.4 is 0 Å². The third-order valence-corrected chi connectivity index (χ3v) is 3.11. The van der Waals surface area contributed by atoms with Crippen molar-refractivity contribution < 1.29 is 9.90 Å². The fourth-order valence-corrected chi connectivity index (χ4v) is 2.16. The van der Waals surface area contributed by atoms with Gasteiger partial charge in [-0.2, -0.15) is 0 Å². The zero-order chi connectivity index (χ0) is 15.1. The zero-order valence-corrected chi connectivity index (χ0v) is 12.9. The second kappa shape index (κ2) is 8.02. The predicted octanol–water partition coefficient (Wildman–Crippen LogP) is 1.74. The van der Waals surface area contributed by atoms with Crippen molar-refractivity contribution in [2.75, 3.05) is 20.1 Å². The van der Waals surface area contributed by atoms with Crippen LogP contribution >= 0.6 is 0 Å². The molecule has 1 rings (SSSR count). The predicted molar refractivity (Wildman–Crippen MR) is 81.3 cm³/mol. The van der Waals surface area contributed by atoms with Crippen molar-refractivity contribution in [2.45, 2.75) is 39.5 Å². The van der Waals surface area contributed by atoms with Gasteiger partial charge in [0.2, 0.25) is 5.91 Å². The molecule has 1 unspecified atom stereocenters. The molecule has 0 saturated carbocycles. The average molecular weight is 278 g/mol. The first-order chi connectivity index (χ1) is 9.40. The third kappa shape index (κ3) is 5.72. The highest BCUT2D eigenvalue weighted by Gasteiger charge is 2.19. The molecule has 0 aliphatic carbocycles. The molecule has 0 aliphatic heterocycles. The molecule has 0 fully saturated rings. The number of hydrogen-bond acceptors (Lipinski definition) is 3. The second-order valence-electron chi connectivity index (χ2n) is 5.65. The minimum absolute atomic E-state index is 0.0549. The van der Waals surface area contributed by atoms with E-state index in [4.69, 9.17) is 0 Å². The molecule has 0 aromatic heterocycles. The number of carbonyl (C=O) groups excluding carboxylic acids is 1. The molecule has 1 amide bonds. The molecule has 0 heterocycles. The molecule has 1 aromatic rings. The average Bonchev–Trinajstić information content (AvgIpc) is 2.36. The van der Waals surface area contributed by atoms with E-state index in [1.807, 2.05) is 44.0 Å². The van der Waals surface area contributed by atoms with Crippen molar-refractivity contribution in [3.63, 3.8) is 0 Å². The molecule has 0 aliphatic rings. The van der Waals surface area contributed by atoms with Gasteiger partial charge in [0, 0.05) is 19.1 Å². The van der Waals surface area contributed by atoms with E-state index >= 15 is 0 Å². The van der Waals surface area contributed by atoms with Crippen LogP contribution in [-0.2, 0) is 11.3 Å². The fraction of sp³-hybridized carbons (Fsp3) is 0.562. The van der Waals surface area contributed by atoms with Gasteiger partial charge in [-0.15, -0.1) is 0 Å². The van der Waals surface area contributed by atoms with E-state index in [-0.39, 0.29) is 11.9 Å². The number of carbonyl (C=O) groups is 1. The van der Waals surface area contributed by atoms with Crippen molar-refractivity contribution in [2.24, 2.45) is 0 Å².